The molecule has 6 rings (SSSR count). The number of carbonyl (C=O) groups excluding carboxylic acids is 2. The van der Waals surface area contributed by atoms with Gasteiger partial charge >= 0.3 is 5.97 Å². The highest BCUT2D eigenvalue weighted by atomic mass is 32.1. The van der Waals surface area contributed by atoms with Crippen molar-refractivity contribution in [3.8, 4) is 10.6 Å². The molecular formula is C25H22F2N4O4S. The number of carbonyl (C=O) groups is 3. The van der Waals surface area contributed by atoms with Crippen LogP contribution in [0, 0.1) is 17.0 Å². The monoisotopic (exact) mass is 512 g/mol. The van der Waals surface area contributed by atoms with E-state index in [0.717, 1.165) is 23.5 Å². The summed E-state index contributed by atoms with van der Waals surface area (Å²) in [7, 11) is 0. The molecule has 8 nitrogen and oxygen atoms in total. The number of aromatic nitrogens is 2. The van der Waals surface area contributed by atoms with Crippen molar-refractivity contribution in [2.75, 3.05) is 5.32 Å². The fraction of sp³-hybridized carbons (Fsp3) is 0.320. The number of nitrogens with one attached hydrogen (secondary N) is 2. The van der Waals surface area contributed by atoms with Crippen LogP contribution in [0.1, 0.15) is 59.4 Å². The molecule has 11 heteroatoms. The summed E-state index contributed by atoms with van der Waals surface area (Å²) in [5, 5.41) is 16.7. The summed E-state index contributed by atoms with van der Waals surface area (Å²) < 4.78 is 28.2. The molecule has 186 valence electrons. The molecule has 3 saturated carbocycles. The number of fused-ring (bicyclic) bond motifs is 3. The minimum absolute atomic E-state index is 0.0195. The van der Waals surface area contributed by atoms with Gasteiger partial charge in [0.25, 0.3) is 11.8 Å². The molecule has 3 fully saturated rings. The number of amides is 2. The number of halogens is 2. The molecule has 0 atom stereocenters. The van der Waals surface area contributed by atoms with Crippen LogP contribution in [-0.4, -0.2) is 38.4 Å². The van der Waals surface area contributed by atoms with E-state index < -0.39 is 40.4 Å². The average molecular weight is 513 g/mol. The van der Waals surface area contributed by atoms with Crippen LogP contribution in [0.15, 0.2) is 42.0 Å². The molecule has 3 aliphatic carbocycles. The van der Waals surface area contributed by atoms with Crippen LogP contribution in [0.2, 0.25) is 0 Å². The highest BCUT2D eigenvalue weighted by Gasteiger charge is 2.53. The Morgan fingerprint density at radius 3 is 2.28 bits per heavy atom. The number of pyridine rings is 1. The summed E-state index contributed by atoms with van der Waals surface area (Å²) in [5.41, 5.74) is -1.18. The van der Waals surface area contributed by atoms with Crippen LogP contribution in [0.5, 0.6) is 0 Å². The maximum Gasteiger partial charge on any atom is 0.309 e. The minimum Gasteiger partial charge on any atom is -0.481 e. The van der Waals surface area contributed by atoms with E-state index in [1.807, 2.05) is 0 Å². The Kier molecular flexibility index (Phi) is 6.03. The van der Waals surface area contributed by atoms with Gasteiger partial charge in [0.05, 0.1) is 28.4 Å². The summed E-state index contributed by atoms with van der Waals surface area (Å²) in [6.45, 7) is 0. The smallest absolute Gasteiger partial charge is 0.309 e. The Morgan fingerprint density at radius 2 is 1.64 bits per heavy atom. The Bertz CT molecular complexity index is 1330. The minimum atomic E-state index is -0.784. The van der Waals surface area contributed by atoms with Crippen molar-refractivity contribution in [1.82, 2.24) is 15.3 Å². The second kappa shape index (κ2) is 9.05. The molecule has 2 amide bonds. The molecule has 0 radical (unpaired) electrons. The highest BCUT2D eigenvalue weighted by molar-refractivity contribution is 7.13. The summed E-state index contributed by atoms with van der Waals surface area (Å²) in [6, 6.07) is 4.95. The van der Waals surface area contributed by atoms with Crippen molar-refractivity contribution in [1.29, 1.82) is 0 Å². The third-order valence-electron chi connectivity index (χ3n) is 7.31. The van der Waals surface area contributed by atoms with E-state index in [2.05, 4.69) is 20.6 Å². The predicted molar refractivity (Wildman–Crippen MR) is 128 cm³/mol. The second-order valence-electron chi connectivity index (χ2n) is 9.33. The zero-order valence-corrected chi connectivity index (χ0v) is 19.8. The van der Waals surface area contributed by atoms with Crippen LogP contribution in [0.3, 0.4) is 0 Å². The van der Waals surface area contributed by atoms with Crippen molar-refractivity contribution in [3.05, 3.63) is 64.9 Å². The van der Waals surface area contributed by atoms with Gasteiger partial charge in [-0.05, 0) is 56.7 Å². The lowest BCUT2D eigenvalue weighted by Gasteiger charge is -2.51. The highest BCUT2D eigenvalue weighted by Crippen LogP contribution is 2.52. The SMILES string of the molecule is O=C(Nc1cnccc1C(=O)NC12CCC(C(=O)O)(CC1)CC2)c1csc(-c2c(F)cccc2F)n1. The van der Waals surface area contributed by atoms with E-state index in [-0.39, 0.29) is 27.5 Å². The van der Waals surface area contributed by atoms with Crippen molar-refractivity contribution >= 4 is 34.8 Å². The molecule has 0 spiro atoms. The zero-order valence-electron chi connectivity index (χ0n) is 19.0. The quantitative estimate of drug-likeness (QED) is 0.442. The van der Waals surface area contributed by atoms with Gasteiger partial charge < -0.3 is 15.7 Å². The number of benzene rings is 1. The number of hydrogen-bond donors (Lipinski definition) is 3. The first-order valence-corrected chi connectivity index (χ1v) is 12.3. The number of hydrogen-bond acceptors (Lipinski definition) is 6. The predicted octanol–water partition coefficient (Wildman–Crippen LogP) is 4.64. The molecular weight excluding hydrogens is 490 g/mol. The molecule has 0 aliphatic heterocycles. The van der Waals surface area contributed by atoms with Gasteiger partial charge in [-0.15, -0.1) is 11.3 Å². The Hall–Kier alpha value is -3.73. The van der Waals surface area contributed by atoms with Crippen molar-refractivity contribution in [2.45, 2.75) is 44.1 Å². The number of aliphatic carboxylic acids is 1. The average Bonchev–Trinajstić information content (AvgIpc) is 3.35. The fourth-order valence-corrected chi connectivity index (χ4v) is 5.92. The Labute approximate surface area is 208 Å². The molecule has 3 N–H and O–H groups in total. The summed E-state index contributed by atoms with van der Waals surface area (Å²) >= 11 is 0.924. The third kappa shape index (κ3) is 4.23. The van der Waals surface area contributed by atoms with Crippen LogP contribution in [-0.2, 0) is 4.79 Å². The molecule has 0 saturated heterocycles. The van der Waals surface area contributed by atoms with E-state index in [1.165, 1.54) is 29.9 Å². The summed E-state index contributed by atoms with van der Waals surface area (Å²) in [4.78, 5) is 45.8. The molecule has 3 aromatic rings. The first-order chi connectivity index (χ1) is 17.2. The number of carboxylic acids is 1. The van der Waals surface area contributed by atoms with Gasteiger partial charge in [-0.2, -0.15) is 0 Å². The van der Waals surface area contributed by atoms with Gasteiger partial charge in [-0.25, -0.2) is 13.8 Å². The Balaban J connectivity index is 1.31. The number of rotatable bonds is 6. The van der Waals surface area contributed by atoms with Crippen molar-refractivity contribution in [2.24, 2.45) is 5.41 Å². The maximum absolute atomic E-state index is 14.1. The molecule has 36 heavy (non-hydrogen) atoms. The van der Waals surface area contributed by atoms with E-state index >= 15 is 0 Å². The Morgan fingerprint density at radius 1 is 0.972 bits per heavy atom. The lowest BCUT2D eigenvalue weighted by Crippen LogP contribution is -2.58. The second-order valence-corrected chi connectivity index (χ2v) is 10.2. The summed E-state index contributed by atoms with van der Waals surface area (Å²) in [6.07, 6.45) is 6.03. The van der Waals surface area contributed by atoms with E-state index in [4.69, 9.17) is 0 Å². The van der Waals surface area contributed by atoms with Crippen LogP contribution < -0.4 is 10.6 Å². The normalized spacial score (nSPS) is 22.7. The van der Waals surface area contributed by atoms with E-state index in [9.17, 15) is 28.3 Å². The molecule has 2 bridgehead atoms. The van der Waals surface area contributed by atoms with Crippen LogP contribution in [0.25, 0.3) is 10.6 Å². The molecule has 2 aromatic heterocycles. The molecule has 2 heterocycles. The fourth-order valence-electron chi connectivity index (χ4n) is 5.08. The maximum atomic E-state index is 14.1. The molecule has 3 aliphatic rings. The molecule has 0 unspecified atom stereocenters. The van der Waals surface area contributed by atoms with Crippen LogP contribution in [0.4, 0.5) is 14.5 Å². The van der Waals surface area contributed by atoms with Crippen molar-refractivity contribution < 1.29 is 28.3 Å². The number of thiazole rings is 1. The first kappa shape index (κ1) is 24.0. The zero-order chi connectivity index (χ0) is 25.5. The number of anilines is 1. The van der Waals surface area contributed by atoms with Gasteiger partial charge in [0.15, 0.2) is 0 Å². The topological polar surface area (TPSA) is 121 Å². The lowest BCUT2D eigenvalue weighted by atomic mass is 9.57. The van der Waals surface area contributed by atoms with Gasteiger partial charge in [0, 0.05) is 17.1 Å². The van der Waals surface area contributed by atoms with E-state index in [1.54, 1.807) is 0 Å². The lowest BCUT2D eigenvalue weighted by molar-refractivity contribution is -0.156. The number of carboxylic acid groups (broad SMARTS) is 1. The van der Waals surface area contributed by atoms with Crippen molar-refractivity contribution in [3.63, 3.8) is 0 Å². The largest absolute Gasteiger partial charge is 0.481 e. The van der Waals surface area contributed by atoms with Gasteiger partial charge in [0.1, 0.15) is 22.3 Å². The summed E-state index contributed by atoms with van der Waals surface area (Å²) in [5.74, 6) is -3.40. The van der Waals surface area contributed by atoms with E-state index in [0.29, 0.717) is 38.5 Å². The van der Waals surface area contributed by atoms with Gasteiger partial charge in [0.2, 0.25) is 0 Å². The van der Waals surface area contributed by atoms with Gasteiger partial charge in [-0.1, -0.05) is 6.07 Å². The molecule has 1 aromatic carbocycles. The third-order valence-corrected chi connectivity index (χ3v) is 8.17. The van der Waals surface area contributed by atoms with Crippen LogP contribution >= 0.6 is 11.3 Å². The standard InChI is InChI=1S/C25H22F2N4O4S/c26-15-2-1-3-16(27)19(15)22-30-18(13-36-22)21(33)29-17-12-28-11-4-14(17)20(32)31-25-8-5-24(6-9-25,7-10-25)23(34)35/h1-4,11-13H,5-10H2,(H,29,33)(H,31,32)(H,34,35). The first-order valence-electron chi connectivity index (χ1n) is 11.4. The van der Waals surface area contributed by atoms with Gasteiger partial charge in [-0.3, -0.25) is 19.4 Å². The number of nitrogens with zero attached hydrogens (tertiary/aromatic N) is 2.